The lowest BCUT2D eigenvalue weighted by Crippen LogP contribution is -1.95. The summed E-state index contributed by atoms with van der Waals surface area (Å²) in [5.74, 6) is 0.713. The van der Waals surface area contributed by atoms with Gasteiger partial charge in [0.15, 0.2) is 0 Å². The van der Waals surface area contributed by atoms with Crippen LogP contribution in [0.3, 0.4) is 0 Å². The summed E-state index contributed by atoms with van der Waals surface area (Å²) in [6, 6.07) is 20.0. The van der Waals surface area contributed by atoms with Crippen LogP contribution in [0.15, 0.2) is 65.1 Å². The van der Waals surface area contributed by atoms with E-state index in [0.717, 1.165) is 20.8 Å². The van der Waals surface area contributed by atoms with Gasteiger partial charge in [-0.15, -0.1) is 0 Å². The number of benzene rings is 3. The Morgan fingerprint density at radius 2 is 1.75 bits per heavy atom. The molecule has 0 aromatic heterocycles. The second kappa shape index (κ2) is 5.86. The Morgan fingerprint density at radius 3 is 2.55 bits per heavy atom. The maximum Gasteiger partial charge on any atom is 0.139 e. The summed E-state index contributed by atoms with van der Waals surface area (Å²) in [4.78, 5) is 0. The van der Waals surface area contributed by atoms with Crippen molar-refractivity contribution in [3.63, 3.8) is 0 Å². The van der Waals surface area contributed by atoms with Crippen molar-refractivity contribution < 1.29 is 4.74 Å². The highest BCUT2D eigenvalue weighted by Gasteiger charge is 2.07. The molecule has 0 aliphatic carbocycles. The summed E-state index contributed by atoms with van der Waals surface area (Å²) in [5, 5.41) is 2.75. The highest BCUT2D eigenvalue weighted by molar-refractivity contribution is 9.10. The predicted octanol–water partition coefficient (Wildman–Crippen LogP) is 5.83. The van der Waals surface area contributed by atoms with Crippen molar-refractivity contribution in [2.45, 2.75) is 6.61 Å². The number of halogens is 2. The summed E-state index contributed by atoms with van der Waals surface area (Å²) >= 11 is 9.88. The van der Waals surface area contributed by atoms with Crippen molar-refractivity contribution >= 4 is 38.3 Å². The average molecular weight is 348 g/mol. The summed E-state index contributed by atoms with van der Waals surface area (Å²) < 4.78 is 6.86. The van der Waals surface area contributed by atoms with Gasteiger partial charge >= 0.3 is 0 Å². The molecule has 0 atom stereocenters. The first-order chi connectivity index (χ1) is 9.74. The molecule has 0 heterocycles. The van der Waals surface area contributed by atoms with Gasteiger partial charge in [0.25, 0.3) is 0 Å². The molecule has 0 spiro atoms. The Labute approximate surface area is 131 Å². The van der Waals surface area contributed by atoms with E-state index >= 15 is 0 Å². The van der Waals surface area contributed by atoms with E-state index in [2.05, 4.69) is 15.9 Å². The lowest BCUT2D eigenvalue weighted by molar-refractivity contribution is 0.307. The third kappa shape index (κ3) is 2.82. The molecule has 1 nitrogen and oxygen atoms in total. The second-order valence-corrected chi connectivity index (χ2v) is 5.81. The van der Waals surface area contributed by atoms with Crippen LogP contribution in [0.5, 0.6) is 5.75 Å². The second-order valence-electron chi connectivity index (χ2n) is 4.52. The van der Waals surface area contributed by atoms with Gasteiger partial charge in [0, 0.05) is 9.86 Å². The Morgan fingerprint density at radius 1 is 0.950 bits per heavy atom. The molecule has 0 saturated carbocycles. The van der Waals surface area contributed by atoms with Crippen molar-refractivity contribution in [1.82, 2.24) is 0 Å². The van der Waals surface area contributed by atoms with Crippen molar-refractivity contribution in [2.24, 2.45) is 0 Å². The van der Waals surface area contributed by atoms with Crippen LogP contribution in [0.25, 0.3) is 10.8 Å². The molecule has 0 aliphatic rings. The van der Waals surface area contributed by atoms with Gasteiger partial charge in [-0.2, -0.15) is 0 Å². The zero-order valence-corrected chi connectivity index (χ0v) is 13.0. The minimum atomic E-state index is 0.516. The number of hydrogen-bond acceptors (Lipinski definition) is 1. The van der Waals surface area contributed by atoms with Gasteiger partial charge in [-0.25, -0.2) is 0 Å². The molecule has 20 heavy (non-hydrogen) atoms. The molecule has 100 valence electrons. The van der Waals surface area contributed by atoms with Gasteiger partial charge < -0.3 is 4.74 Å². The summed E-state index contributed by atoms with van der Waals surface area (Å²) in [7, 11) is 0. The average Bonchev–Trinajstić information content (AvgIpc) is 2.47. The SMILES string of the molecule is Clc1c(OCc2ccccc2)ccc2cc(Br)ccc12. The molecule has 0 radical (unpaired) electrons. The van der Waals surface area contributed by atoms with E-state index in [1.807, 2.05) is 60.7 Å². The fourth-order valence-electron chi connectivity index (χ4n) is 2.09. The van der Waals surface area contributed by atoms with E-state index in [4.69, 9.17) is 16.3 Å². The third-order valence-corrected chi connectivity index (χ3v) is 4.00. The zero-order chi connectivity index (χ0) is 13.9. The fraction of sp³-hybridized carbons (Fsp3) is 0.0588. The highest BCUT2D eigenvalue weighted by Crippen LogP contribution is 2.34. The van der Waals surface area contributed by atoms with E-state index in [-0.39, 0.29) is 0 Å². The van der Waals surface area contributed by atoms with E-state index in [0.29, 0.717) is 17.4 Å². The Kier molecular flexibility index (Phi) is 3.95. The molecule has 0 aliphatic heterocycles. The fourth-order valence-corrected chi connectivity index (χ4v) is 2.76. The Bertz CT molecular complexity index is 741. The maximum atomic E-state index is 6.42. The molecule has 0 saturated heterocycles. The van der Waals surface area contributed by atoms with Crippen LogP contribution in [0.2, 0.25) is 5.02 Å². The Hall–Kier alpha value is -1.51. The summed E-state index contributed by atoms with van der Waals surface area (Å²) in [6.07, 6.45) is 0. The quantitative estimate of drug-likeness (QED) is 0.579. The smallest absolute Gasteiger partial charge is 0.139 e. The summed E-state index contributed by atoms with van der Waals surface area (Å²) in [6.45, 7) is 0.516. The zero-order valence-electron chi connectivity index (χ0n) is 10.6. The normalized spacial score (nSPS) is 10.7. The Balaban J connectivity index is 1.89. The minimum Gasteiger partial charge on any atom is -0.487 e. The van der Waals surface area contributed by atoms with Crippen LogP contribution < -0.4 is 4.74 Å². The van der Waals surface area contributed by atoms with Crippen molar-refractivity contribution in [3.05, 3.63) is 75.7 Å². The van der Waals surface area contributed by atoms with Gasteiger partial charge in [0.1, 0.15) is 12.4 Å². The molecule has 0 N–H and O–H groups in total. The minimum absolute atomic E-state index is 0.516. The lowest BCUT2D eigenvalue weighted by Gasteiger charge is -2.10. The van der Waals surface area contributed by atoms with Gasteiger partial charge in [-0.1, -0.05) is 70.0 Å². The van der Waals surface area contributed by atoms with Crippen molar-refractivity contribution in [1.29, 1.82) is 0 Å². The van der Waals surface area contributed by atoms with Gasteiger partial charge in [0.2, 0.25) is 0 Å². The number of rotatable bonds is 3. The molecule has 0 unspecified atom stereocenters. The predicted molar refractivity (Wildman–Crippen MR) is 87.4 cm³/mol. The molecule has 0 fully saturated rings. The first kappa shape index (κ1) is 13.5. The molecule has 3 heteroatoms. The van der Waals surface area contributed by atoms with Crippen LogP contribution in [-0.4, -0.2) is 0 Å². The monoisotopic (exact) mass is 346 g/mol. The topological polar surface area (TPSA) is 9.23 Å². The third-order valence-electron chi connectivity index (χ3n) is 3.12. The van der Waals surface area contributed by atoms with Crippen molar-refractivity contribution in [2.75, 3.05) is 0 Å². The molecule has 3 aromatic rings. The standard InChI is InChI=1S/C17H12BrClO/c18-14-7-8-15-13(10-14)6-9-16(17(15)19)20-11-12-4-2-1-3-5-12/h1-10H,11H2. The molecule has 0 bridgehead atoms. The molecule has 0 amide bonds. The van der Waals surface area contributed by atoms with Crippen LogP contribution >= 0.6 is 27.5 Å². The first-order valence-electron chi connectivity index (χ1n) is 6.28. The highest BCUT2D eigenvalue weighted by atomic mass is 79.9. The number of hydrogen-bond donors (Lipinski definition) is 0. The van der Waals surface area contributed by atoms with Crippen LogP contribution in [0, 0.1) is 0 Å². The van der Waals surface area contributed by atoms with Crippen LogP contribution in [-0.2, 0) is 6.61 Å². The van der Waals surface area contributed by atoms with Gasteiger partial charge in [-0.05, 0) is 29.1 Å². The molecular weight excluding hydrogens is 336 g/mol. The van der Waals surface area contributed by atoms with Crippen LogP contribution in [0.4, 0.5) is 0 Å². The largest absolute Gasteiger partial charge is 0.487 e. The van der Waals surface area contributed by atoms with Gasteiger partial charge in [-0.3, -0.25) is 0 Å². The molecule has 3 rings (SSSR count). The number of ether oxygens (including phenoxy) is 1. The first-order valence-corrected chi connectivity index (χ1v) is 7.45. The lowest BCUT2D eigenvalue weighted by atomic mass is 10.1. The van der Waals surface area contributed by atoms with Crippen LogP contribution in [0.1, 0.15) is 5.56 Å². The van der Waals surface area contributed by atoms with Gasteiger partial charge in [0.05, 0.1) is 5.02 Å². The van der Waals surface area contributed by atoms with Crippen molar-refractivity contribution in [3.8, 4) is 5.75 Å². The molecular formula is C17H12BrClO. The number of fused-ring (bicyclic) bond motifs is 1. The van der Waals surface area contributed by atoms with E-state index in [1.165, 1.54) is 0 Å². The van der Waals surface area contributed by atoms with E-state index < -0.39 is 0 Å². The molecule has 3 aromatic carbocycles. The van der Waals surface area contributed by atoms with E-state index in [9.17, 15) is 0 Å². The maximum absolute atomic E-state index is 6.42. The summed E-state index contributed by atoms with van der Waals surface area (Å²) in [5.41, 5.74) is 1.12. The van der Waals surface area contributed by atoms with E-state index in [1.54, 1.807) is 0 Å².